The molecule has 0 aliphatic heterocycles. The van der Waals surface area contributed by atoms with Gasteiger partial charge in [0, 0.05) is 12.2 Å². The van der Waals surface area contributed by atoms with Crippen molar-refractivity contribution in [3.63, 3.8) is 0 Å². The first-order valence-corrected chi connectivity index (χ1v) is 9.52. The largest absolute Gasteiger partial charge is 0.324 e. The molecule has 0 atom stereocenters. The molecule has 0 spiro atoms. The Hall–Kier alpha value is -1.17. The van der Waals surface area contributed by atoms with Gasteiger partial charge < -0.3 is 5.32 Å². The Morgan fingerprint density at radius 1 is 1.26 bits per heavy atom. The summed E-state index contributed by atoms with van der Waals surface area (Å²) >= 11 is 5.14. The van der Waals surface area contributed by atoms with Crippen molar-refractivity contribution in [3.8, 4) is 0 Å². The molecule has 3 nitrogen and oxygen atoms in total. The first-order chi connectivity index (χ1) is 11.0. The molecule has 1 N–H and O–H groups in total. The fourth-order valence-corrected chi connectivity index (χ4v) is 3.82. The van der Waals surface area contributed by atoms with Crippen LogP contribution in [0.2, 0.25) is 0 Å². The number of rotatable bonds is 7. The lowest BCUT2D eigenvalue weighted by atomic mass is 10.0. The van der Waals surface area contributed by atoms with Gasteiger partial charge in [0.05, 0.1) is 10.3 Å². The molecule has 2 aromatic rings. The second-order valence-electron chi connectivity index (χ2n) is 5.64. The van der Waals surface area contributed by atoms with E-state index in [2.05, 4.69) is 64.7 Å². The van der Waals surface area contributed by atoms with Crippen LogP contribution in [0, 0.1) is 0 Å². The molecule has 124 valence electrons. The van der Waals surface area contributed by atoms with Crippen molar-refractivity contribution in [1.29, 1.82) is 0 Å². The lowest BCUT2D eigenvalue weighted by molar-refractivity contribution is -0.117. The van der Waals surface area contributed by atoms with Gasteiger partial charge in [-0.3, -0.25) is 9.69 Å². The maximum absolute atomic E-state index is 12.4. The van der Waals surface area contributed by atoms with Gasteiger partial charge in [-0.05, 0) is 64.0 Å². The van der Waals surface area contributed by atoms with Crippen LogP contribution in [0.5, 0.6) is 0 Å². The first kappa shape index (κ1) is 18.2. The molecule has 0 fully saturated rings. The van der Waals surface area contributed by atoms with Gasteiger partial charge in [0.1, 0.15) is 0 Å². The second-order valence-corrected chi connectivity index (χ2v) is 7.93. The number of benzene rings is 1. The van der Waals surface area contributed by atoms with E-state index in [1.165, 1.54) is 16.7 Å². The molecule has 1 aromatic carbocycles. The molecule has 5 heteroatoms. The molecule has 1 aromatic heterocycles. The van der Waals surface area contributed by atoms with Crippen LogP contribution in [-0.2, 0) is 24.2 Å². The van der Waals surface area contributed by atoms with Crippen LogP contribution in [0.25, 0.3) is 0 Å². The van der Waals surface area contributed by atoms with E-state index in [1.54, 1.807) is 11.3 Å². The molecule has 1 amide bonds. The minimum Gasteiger partial charge on any atom is -0.324 e. The highest BCUT2D eigenvalue weighted by Crippen LogP contribution is 2.23. The van der Waals surface area contributed by atoms with Crippen LogP contribution in [0.15, 0.2) is 33.4 Å². The lowest BCUT2D eigenvalue weighted by Gasteiger charge is -2.18. The van der Waals surface area contributed by atoms with Crippen LogP contribution in [-0.4, -0.2) is 24.4 Å². The predicted octanol–water partition coefficient (Wildman–Crippen LogP) is 4.71. The third kappa shape index (κ3) is 5.16. The predicted molar refractivity (Wildman–Crippen MR) is 102 cm³/mol. The lowest BCUT2D eigenvalue weighted by Crippen LogP contribution is -2.30. The van der Waals surface area contributed by atoms with E-state index < -0.39 is 0 Å². The van der Waals surface area contributed by atoms with Gasteiger partial charge in [-0.25, -0.2) is 0 Å². The molecule has 0 bridgehead atoms. The average Bonchev–Trinajstić information content (AvgIpc) is 2.92. The van der Waals surface area contributed by atoms with E-state index in [0.717, 1.165) is 28.9 Å². The average molecular weight is 395 g/mol. The molecule has 23 heavy (non-hydrogen) atoms. The van der Waals surface area contributed by atoms with Gasteiger partial charge in [0.25, 0.3) is 0 Å². The number of amides is 1. The van der Waals surface area contributed by atoms with E-state index >= 15 is 0 Å². The fraction of sp³-hybridized carbons (Fsp3) is 0.389. The van der Waals surface area contributed by atoms with Gasteiger partial charge in [-0.2, -0.15) is 0 Å². The van der Waals surface area contributed by atoms with Crippen molar-refractivity contribution in [2.75, 3.05) is 18.9 Å². The van der Waals surface area contributed by atoms with E-state index in [9.17, 15) is 4.79 Å². The summed E-state index contributed by atoms with van der Waals surface area (Å²) in [6, 6.07) is 8.33. The number of hydrogen-bond donors (Lipinski definition) is 1. The molecule has 1 heterocycles. The number of nitrogens with one attached hydrogen (secondary N) is 1. The summed E-state index contributed by atoms with van der Waals surface area (Å²) in [6.45, 7) is 5.39. The molecular weight excluding hydrogens is 372 g/mol. The Kier molecular flexibility index (Phi) is 6.81. The molecule has 0 unspecified atom stereocenters. The second kappa shape index (κ2) is 8.62. The van der Waals surface area contributed by atoms with Crippen molar-refractivity contribution >= 4 is 38.9 Å². The number of para-hydroxylation sites is 1. The van der Waals surface area contributed by atoms with Crippen LogP contribution in [0.3, 0.4) is 0 Å². The SMILES string of the molecule is CCc1cccc(CC)c1NC(=O)CN(C)Cc1csc(Br)c1. The number of carbonyl (C=O) groups is 1. The van der Waals surface area contributed by atoms with Gasteiger partial charge >= 0.3 is 0 Å². The zero-order chi connectivity index (χ0) is 16.8. The Balaban J connectivity index is 1.99. The van der Waals surface area contributed by atoms with Crippen molar-refractivity contribution in [2.45, 2.75) is 33.2 Å². The smallest absolute Gasteiger partial charge is 0.238 e. The first-order valence-electron chi connectivity index (χ1n) is 7.85. The zero-order valence-electron chi connectivity index (χ0n) is 13.9. The van der Waals surface area contributed by atoms with E-state index in [1.807, 2.05) is 11.9 Å². The maximum Gasteiger partial charge on any atom is 0.238 e. The zero-order valence-corrected chi connectivity index (χ0v) is 16.3. The summed E-state index contributed by atoms with van der Waals surface area (Å²) in [7, 11) is 1.97. The minimum absolute atomic E-state index is 0.0393. The number of nitrogens with zero attached hydrogens (tertiary/aromatic N) is 1. The highest BCUT2D eigenvalue weighted by Gasteiger charge is 2.12. The number of halogens is 1. The number of carbonyl (C=O) groups excluding carboxylic acids is 1. The molecular formula is C18H23BrN2OS. The van der Waals surface area contributed by atoms with Crippen LogP contribution in [0.4, 0.5) is 5.69 Å². The molecule has 0 saturated carbocycles. The van der Waals surface area contributed by atoms with E-state index in [4.69, 9.17) is 0 Å². The summed E-state index contributed by atoms with van der Waals surface area (Å²) in [5, 5.41) is 5.23. The van der Waals surface area contributed by atoms with Crippen molar-refractivity contribution in [1.82, 2.24) is 4.90 Å². The molecule has 0 aliphatic carbocycles. The Labute approximate surface area is 150 Å². The number of anilines is 1. The molecule has 0 aliphatic rings. The Morgan fingerprint density at radius 2 is 1.91 bits per heavy atom. The van der Waals surface area contributed by atoms with Crippen molar-refractivity contribution in [3.05, 3.63) is 50.1 Å². The topological polar surface area (TPSA) is 32.3 Å². The van der Waals surface area contributed by atoms with Crippen molar-refractivity contribution < 1.29 is 4.79 Å². The summed E-state index contributed by atoms with van der Waals surface area (Å²) in [5.74, 6) is 0.0393. The van der Waals surface area contributed by atoms with Gasteiger partial charge in [-0.1, -0.05) is 32.0 Å². The summed E-state index contributed by atoms with van der Waals surface area (Å²) < 4.78 is 1.12. The highest BCUT2D eigenvalue weighted by molar-refractivity contribution is 9.11. The number of thiophene rings is 1. The highest BCUT2D eigenvalue weighted by atomic mass is 79.9. The normalized spacial score (nSPS) is 11.0. The van der Waals surface area contributed by atoms with Gasteiger partial charge in [0.2, 0.25) is 5.91 Å². The van der Waals surface area contributed by atoms with Crippen LogP contribution >= 0.6 is 27.3 Å². The van der Waals surface area contributed by atoms with Gasteiger partial charge in [-0.15, -0.1) is 11.3 Å². The van der Waals surface area contributed by atoms with E-state index in [0.29, 0.717) is 6.54 Å². The monoisotopic (exact) mass is 394 g/mol. The van der Waals surface area contributed by atoms with Crippen LogP contribution in [0.1, 0.15) is 30.5 Å². The maximum atomic E-state index is 12.4. The molecule has 0 saturated heterocycles. The fourth-order valence-electron chi connectivity index (χ4n) is 2.62. The molecule has 2 rings (SSSR count). The van der Waals surface area contributed by atoms with Gasteiger partial charge in [0.15, 0.2) is 0 Å². The summed E-state index contributed by atoms with van der Waals surface area (Å²) in [4.78, 5) is 14.4. The third-order valence-corrected chi connectivity index (χ3v) is 5.30. The summed E-state index contributed by atoms with van der Waals surface area (Å²) in [5.41, 5.74) is 4.61. The standard InChI is InChI=1S/C18H23BrN2OS/c1-4-14-7-6-8-15(5-2)18(14)20-17(22)11-21(3)10-13-9-16(19)23-12-13/h6-9,12H,4-5,10-11H2,1-3H3,(H,20,22). The van der Waals surface area contributed by atoms with E-state index in [-0.39, 0.29) is 5.91 Å². The quantitative estimate of drug-likeness (QED) is 0.737. The van der Waals surface area contributed by atoms with Crippen LogP contribution < -0.4 is 5.32 Å². The minimum atomic E-state index is 0.0393. The third-order valence-electron chi connectivity index (χ3n) is 3.75. The Morgan fingerprint density at radius 3 is 2.43 bits per heavy atom. The summed E-state index contributed by atoms with van der Waals surface area (Å²) in [6.07, 6.45) is 1.84. The number of aryl methyl sites for hydroxylation is 2. The number of likely N-dealkylation sites (N-methyl/N-ethyl adjacent to an activating group) is 1. The number of hydrogen-bond acceptors (Lipinski definition) is 3. The van der Waals surface area contributed by atoms with Crippen molar-refractivity contribution in [2.24, 2.45) is 0 Å². The Bertz CT molecular complexity index is 647. The molecule has 0 radical (unpaired) electrons.